The molecule has 1 aliphatic rings. The summed E-state index contributed by atoms with van der Waals surface area (Å²) in [5.41, 5.74) is 14.2. The van der Waals surface area contributed by atoms with Gasteiger partial charge < -0.3 is 16.2 Å². The number of rotatable bonds is 1. The van der Waals surface area contributed by atoms with E-state index in [2.05, 4.69) is 6.07 Å². The van der Waals surface area contributed by atoms with E-state index in [0.717, 1.165) is 11.1 Å². The van der Waals surface area contributed by atoms with E-state index in [0.29, 0.717) is 27.1 Å². The number of benzene rings is 2. The Labute approximate surface area is 137 Å². The van der Waals surface area contributed by atoms with E-state index in [1.54, 1.807) is 24.3 Å². The lowest BCUT2D eigenvalue weighted by atomic mass is 9.83. The number of ether oxygens (including phenoxy) is 1. The minimum Gasteiger partial charge on any atom is -0.440 e. The van der Waals surface area contributed by atoms with Gasteiger partial charge in [0.2, 0.25) is 5.88 Å². The molecular formula is C16H11Cl2N3O. The summed E-state index contributed by atoms with van der Waals surface area (Å²) in [6.45, 7) is 0. The Hall–Kier alpha value is -2.35. The lowest BCUT2D eigenvalue weighted by molar-refractivity contribution is 0.394. The van der Waals surface area contributed by atoms with Crippen molar-refractivity contribution in [2.24, 2.45) is 5.73 Å². The van der Waals surface area contributed by atoms with Gasteiger partial charge in [0.15, 0.2) is 0 Å². The average molecular weight is 332 g/mol. The molecule has 3 rings (SSSR count). The molecule has 1 aliphatic heterocycles. The van der Waals surface area contributed by atoms with E-state index in [4.69, 9.17) is 39.4 Å². The maximum Gasteiger partial charge on any atom is 0.205 e. The summed E-state index contributed by atoms with van der Waals surface area (Å²) >= 11 is 12.1. The highest BCUT2D eigenvalue weighted by molar-refractivity contribution is 6.42. The third kappa shape index (κ3) is 2.35. The maximum atomic E-state index is 9.45. The fraction of sp³-hybridized carbons (Fsp3) is 0.0625. The number of halogens is 2. The van der Waals surface area contributed by atoms with Crippen molar-refractivity contribution in [3.8, 4) is 11.8 Å². The van der Waals surface area contributed by atoms with Gasteiger partial charge in [-0.15, -0.1) is 0 Å². The van der Waals surface area contributed by atoms with Crippen LogP contribution in [-0.4, -0.2) is 0 Å². The van der Waals surface area contributed by atoms with Crippen molar-refractivity contribution in [2.75, 3.05) is 5.73 Å². The van der Waals surface area contributed by atoms with Gasteiger partial charge in [0.1, 0.15) is 17.4 Å². The third-order valence-electron chi connectivity index (χ3n) is 3.52. The highest BCUT2D eigenvalue weighted by Gasteiger charge is 2.30. The molecule has 6 heteroatoms. The second-order valence-corrected chi connectivity index (χ2v) is 5.71. The average Bonchev–Trinajstić information content (AvgIpc) is 2.48. The lowest BCUT2D eigenvalue weighted by Gasteiger charge is -2.26. The van der Waals surface area contributed by atoms with Crippen LogP contribution in [0.1, 0.15) is 17.0 Å². The second kappa shape index (κ2) is 5.45. The Bertz CT molecular complexity index is 840. The van der Waals surface area contributed by atoms with E-state index >= 15 is 0 Å². The molecule has 2 aromatic rings. The third-order valence-corrected chi connectivity index (χ3v) is 4.26. The molecule has 0 bridgehead atoms. The van der Waals surface area contributed by atoms with Crippen molar-refractivity contribution in [3.05, 3.63) is 69.0 Å². The molecule has 4 N–H and O–H groups in total. The fourth-order valence-corrected chi connectivity index (χ4v) is 2.81. The topological polar surface area (TPSA) is 85.1 Å². The molecule has 1 heterocycles. The molecule has 0 amide bonds. The standard InChI is InChI=1S/C16H11Cl2N3O/c17-12-4-1-8(5-13(12)18)15-10-3-2-9(20)6-14(10)22-16(21)11(15)7-19/h1-6,15H,20-21H2/t15-/m1/s1. The highest BCUT2D eigenvalue weighted by Crippen LogP contribution is 2.43. The van der Waals surface area contributed by atoms with E-state index in [1.165, 1.54) is 0 Å². The summed E-state index contributed by atoms with van der Waals surface area (Å²) < 4.78 is 5.52. The SMILES string of the molecule is N#CC1=C(N)Oc2cc(N)ccc2[C@H]1c1ccc(Cl)c(Cl)c1. The predicted octanol–water partition coefficient (Wildman–Crippen LogP) is 3.79. The molecule has 0 aliphatic carbocycles. The van der Waals surface area contributed by atoms with Crippen molar-refractivity contribution in [3.63, 3.8) is 0 Å². The number of hydrogen-bond acceptors (Lipinski definition) is 4. The zero-order chi connectivity index (χ0) is 15.9. The number of nitrogens with two attached hydrogens (primary N) is 2. The van der Waals surface area contributed by atoms with Gasteiger partial charge in [0.25, 0.3) is 0 Å². The minimum absolute atomic E-state index is 0.0664. The Morgan fingerprint density at radius 1 is 1.05 bits per heavy atom. The first kappa shape index (κ1) is 14.6. The van der Waals surface area contributed by atoms with Gasteiger partial charge in [-0.25, -0.2) is 0 Å². The fourth-order valence-electron chi connectivity index (χ4n) is 2.51. The normalized spacial score (nSPS) is 16.7. The first-order valence-electron chi connectivity index (χ1n) is 6.43. The number of anilines is 1. The van der Waals surface area contributed by atoms with Gasteiger partial charge in [-0.3, -0.25) is 0 Å². The van der Waals surface area contributed by atoms with Gasteiger partial charge in [-0.2, -0.15) is 5.26 Å². The summed E-state index contributed by atoms with van der Waals surface area (Å²) in [5, 5.41) is 10.3. The molecule has 110 valence electrons. The summed E-state index contributed by atoms with van der Waals surface area (Å²) in [5.74, 6) is 0.230. The summed E-state index contributed by atoms with van der Waals surface area (Å²) in [7, 11) is 0. The van der Waals surface area contributed by atoms with Gasteiger partial charge >= 0.3 is 0 Å². The Morgan fingerprint density at radius 2 is 1.82 bits per heavy atom. The Morgan fingerprint density at radius 3 is 2.50 bits per heavy atom. The van der Waals surface area contributed by atoms with Crippen LogP contribution in [0.2, 0.25) is 10.0 Å². The maximum absolute atomic E-state index is 9.45. The monoisotopic (exact) mass is 331 g/mol. The van der Waals surface area contributed by atoms with Crippen molar-refractivity contribution >= 4 is 28.9 Å². The van der Waals surface area contributed by atoms with E-state index in [-0.39, 0.29) is 11.8 Å². The van der Waals surface area contributed by atoms with Gasteiger partial charge in [-0.1, -0.05) is 35.3 Å². The van der Waals surface area contributed by atoms with E-state index < -0.39 is 0 Å². The smallest absolute Gasteiger partial charge is 0.205 e. The van der Waals surface area contributed by atoms with Crippen molar-refractivity contribution in [2.45, 2.75) is 5.92 Å². The molecular weight excluding hydrogens is 321 g/mol. The van der Waals surface area contributed by atoms with Crippen LogP contribution in [-0.2, 0) is 0 Å². The zero-order valence-electron chi connectivity index (χ0n) is 11.3. The van der Waals surface area contributed by atoms with Crippen LogP contribution in [0.3, 0.4) is 0 Å². The lowest BCUT2D eigenvalue weighted by Crippen LogP contribution is -2.21. The predicted molar refractivity (Wildman–Crippen MR) is 86.6 cm³/mol. The molecule has 1 atom stereocenters. The number of nitriles is 1. The largest absolute Gasteiger partial charge is 0.440 e. The Balaban J connectivity index is 2.23. The minimum atomic E-state index is -0.371. The van der Waals surface area contributed by atoms with Crippen LogP contribution in [0.4, 0.5) is 5.69 Å². The van der Waals surface area contributed by atoms with Crippen molar-refractivity contribution < 1.29 is 4.74 Å². The van der Waals surface area contributed by atoms with E-state index in [1.807, 2.05) is 12.1 Å². The number of fused-ring (bicyclic) bond motifs is 1. The summed E-state index contributed by atoms with van der Waals surface area (Å²) in [6, 6.07) is 12.6. The molecule has 2 aromatic carbocycles. The summed E-state index contributed by atoms with van der Waals surface area (Å²) in [4.78, 5) is 0. The van der Waals surface area contributed by atoms with Gasteiger partial charge in [0.05, 0.1) is 16.0 Å². The zero-order valence-corrected chi connectivity index (χ0v) is 12.8. The Kier molecular flexibility index (Phi) is 3.61. The first-order chi connectivity index (χ1) is 10.5. The van der Waals surface area contributed by atoms with Crippen LogP contribution in [0.25, 0.3) is 0 Å². The molecule has 22 heavy (non-hydrogen) atoms. The van der Waals surface area contributed by atoms with Crippen LogP contribution >= 0.6 is 23.2 Å². The molecule has 0 fully saturated rings. The molecule has 4 nitrogen and oxygen atoms in total. The second-order valence-electron chi connectivity index (χ2n) is 4.90. The highest BCUT2D eigenvalue weighted by atomic mass is 35.5. The van der Waals surface area contributed by atoms with Crippen LogP contribution < -0.4 is 16.2 Å². The molecule has 0 saturated heterocycles. The summed E-state index contributed by atoms with van der Waals surface area (Å²) in [6.07, 6.45) is 0. The van der Waals surface area contributed by atoms with Crippen molar-refractivity contribution in [1.82, 2.24) is 0 Å². The van der Waals surface area contributed by atoms with Gasteiger partial charge in [0, 0.05) is 17.3 Å². The van der Waals surface area contributed by atoms with Crippen LogP contribution in [0, 0.1) is 11.3 Å². The number of allylic oxidation sites excluding steroid dienone is 1. The van der Waals surface area contributed by atoms with Crippen molar-refractivity contribution in [1.29, 1.82) is 5.26 Å². The number of nitrogen functional groups attached to an aromatic ring is 1. The quantitative estimate of drug-likeness (QED) is 0.778. The molecule has 0 radical (unpaired) electrons. The molecule has 0 unspecified atom stereocenters. The van der Waals surface area contributed by atoms with E-state index in [9.17, 15) is 5.26 Å². The number of hydrogen-bond donors (Lipinski definition) is 2. The number of nitrogens with zero attached hydrogens (tertiary/aromatic N) is 1. The molecule has 0 saturated carbocycles. The van der Waals surface area contributed by atoms with Crippen LogP contribution in [0.5, 0.6) is 5.75 Å². The first-order valence-corrected chi connectivity index (χ1v) is 7.19. The van der Waals surface area contributed by atoms with Crippen LogP contribution in [0.15, 0.2) is 47.9 Å². The molecule has 0 spiro atoms. The molecule has 0 aromatic heterocycles. The van der Waals surface area contributed by atoms with Gasteiger partial charge in [-0.05, 0) is 23.8 Å².